The average Bonchev–Trinajstić information content (AvgIpc) is 3.03. The minimum atomic E-state index is -0.284. The number of aromatic nitrogens is 3. The van der Waals surface area contributed by atoms with Crippen molar-refractivity contribution in [3.05, 3.63) is 46.1 Å². The molecule has 0 bridgehead atoms. The number of anilines is 2. The summed E-state index contributed by atoms with van der Waals surface area (Å²) in [6, 6.07) is 4.07. The maximum absolute atomic E-state index is 12.5. The van der Waals surface area contributed by atoms with Crippen molar-refractivity contribution in [3.8, 4) is 17.0 Å². The fraction of sp³-hybridized carbons (Fsp3) is 0.300. The predicted octanol–water partition coefficient (Wildman–Crippen LogP) is 3.85. The topological polar surface area (TPSA) is 80.2 Å². The molecule has 0 aliphatic carbocycles. The van der Waals surface area contributed by atoms with E-state index in [1.165, 1.54) is 23.7 Å². The maximum atomic E-state index is 12.5. The SMILES string of the molecule is COc1cc(C)c(-c2nc(NC(=O)c3cnc(N(C)C)nc3)sc2C)cc1C. The highest BCUT2D eigenvalue weighted by Gasteiger charge is 2.16. The molecule has 1 aromatic carbocycles. The van der Waals surface area contributed by atoms with Crippen molar-refractivity contribution < 1.29 is 9.53 Å². The Hall–Kier alpha value is -3.00. The Labute approximate surface area is 168 Å². The molecular weight excluding hydrogens is 374 g/mol. The molecule has 2 heterocycles. The van der Waals surface area contributed by atoms with Gasteiger partial charge in [-0.3, -0.25) is 10.1 Å². The minimum Gasteiger partial charge on any atom is -0.496 e. The lowest BCUT2D eigenvalue weighted by Crippen LogP contribution is -2.16. The van der Waals surface area contributed by atoms with E-state index in [9.17, 15) is 4.79 Å². The van der Waals surface area contributed by atoms with E-state index in [-0.39, 0.29) is 5.91 Å². The number of rotatable bonds is 5. The summed E-state index contributed by atoms with van der Waals surface area (Å²) in [5.74, 6) is 1.12. The van der Waals surface area contributed by atoms with Crippen LogP contribution in [0.3, 0.4) is 0 Å². The summed E-state index contributed by atoms with van der Waals surface area (Å²) < 4.78 is 5.39. The van der Waals surface area contributed by atoms with Gasteiger partial charge in [0, 0.05) is 36.9 Å². The molecule has 146 valence electrons. The molecule has 0 atom stereocenters. The van der Waals surface area contributed by atoms with Gasteiger partial charge in [-0.25, -0.2) is 15.0 Å². The maximum Gasteiger partial charge on any atom is 0.260 e. The molecule has 0 aliphatic heterocycles. The molecule has 8 heteroatoms. The van der Waals surface area contributed by atoms with Gasteiger partial charge in [0.05, 0.1) is 18.4 Å². The van der Waals surface area contributed by atoms with Crippen LogP contribution in [0.2, 0.25) is 0 Å². The number of nitrogens with zero attached hydrogens (tertiary/aromatic N) is 4. The van der Waals surface area contributed by atoms with Crippen LogP contribution in [-0.2, 0) is 0 Å². The largest absolute Gasteiger partial charge is 0.496 e. The highest BCUT2D eigenvalue weighted by Crippen LogP contribution is 2.35. The van der Waals surface area contributed by atoms with Crippen molar-refractivity contribution >= 4 is 28.3 Å². The lowest BCUT2D eigenvalue weighted by molar-refractivity contribution is 0.102. The van der Waals surface area contributed by atoms with Gasteiger partial charge in [-0.2, -0.15) is 0 Å². The first-order valence-electron chi connectivity index (χ1n) is 8.74. The molecule has 0 radical (unpaired) electrons. The van der Waals surface area contributed by atoms with E-state index in [4.69, 9.17) is 4.74 Å². The average molecular weight is 398 g/mol. The van der Waals surface area contributed by atoms with Crippen molar-refractivity contribution in [1.82, 2.24) is 15.0 Å². The number of thiazole rings is 1. The van der Waals surface area contributed by atoms with E-state index in [0.717, 1.165) is 33.0 Å². The third-order valence-electron chi connectivity index (χ3n) is 4.31. The molecule has 28 heavy (non-hydrogen) atoms. The van der Waals surface area contributed by atoms with Crippen molar-refractivity contribution in [2.75, 3.05) is 31.4 Å². The van der Waals surface area contributed by atoms with Gasteiger partial charge in [-0.05, 0) is 44.0 Å². The van der Waals surface area contributed by atoms with Crippen molar-refractivity contribution in [3.63, 3.8) is 0 Å². The van der Waals surface area contributed by atoms with Gasteiger partial charge in [0.25, 0.3) is 5.91 Å². The van der Waals surface area contributed by atoms with Crippen LogP contribution in [0.25, 0.3) is 11.3 Å². The molecule has 0 unspecified atom stereocenters. The Morgan fingerprint density at radius 2 is 1.79 bits per heavy atom. The number of hydrogen-bond acceptors (Lipinski definition) is 7. The Morgan fingerprint density at radius 1 is 1.11 bits per heavy atom. The molecule has 0 saturated carbocycles. The van der Waals surface area contributed by atoms with Crippen LogP contribution in [0.4, 0.5) is 11.1 Å². The third kappa shape index (κ3) is 3.96. The molecule has 0 fully saturated rings. The number of amides is 1. The number of nitrogens with one attached hydrogen (secondary N) is 1. The smallest absolute Gasteiger partial charge is 0.260 e. The fourth-order valence-corrected chi connectivity index (χ4v) is 3.63. The zero-order valence-electron chi connectivity index (χ0n) is 16.8. The quantitative estimate of drug-likeness (QED) is 0.704. The third-order valence-corrected chi connectivity index (χ3v) is 5.20. The van der Waals surface area contributed by atoms with Gasteiger partial charge in [0.1, 0.15) is 5.75 Å². The standard InChI is InChI=1S/C20H23N5O2S/c1-11-8-16(27-6)12(2)7-15(11)17-13(3)28-20(23-17)24-18(26)14-9-21-19(22-10-14)25(4)5/h7-10H,1-6H3,(H,23,24,26). The number of carbonyl (C=O) groups excluding carboxylic acids is 1. The summed E-state index contributed by atoms with van der Waals surface area (Å²) >= 11 is 1.44. The summed E-state index contributed by atoms with van der Waals surface area (Å²) in [7, 11) is 5.35. The monoisotopic (exact) mass is 397 g/mol. The van der Waals surface area contributed by atoms with Crippen molar-refractivity contribution in [2.24, 2.45) is 0 Å². The molecular formula is C20H23N5O2S. The van der Waals surface area contributed by atoms with Gasteiger partial charge in [0.2, 0.25) is 5.95 Å². The van der Waals surface area contributed by atoms with Crippen molar-refractivity contribution in [1.29, 1.82) is 0 Å². The number of methoxy groups -OCH3 is 1. The summed E-state index contributed by atoms with van der Waals surface area (Å²) in [6.07, 6.45) is 3.02. The molecule has 3 aromatic rings. The summed E-state index contributed by atoms with van der Waals surface area (Å²) in [6.45, 7) is 6.03. The Balaban J connectivity index is 1.84. The summed E-state index contributed by atoms with van der Waals surface area (Å²) in [5, 5.41) is 3.39. The molecule has 2 aromatic heterocycles. The number of benzene rings is 1. The number of carbonyl (C=O) groups is 1. The highest BCUT2D eigenvalue weighted by molar-refractivity contribution is 7.16. The zero-order chi connectivity index (χ0) is 20.4. The molecule has 0 saturated heterocycles. The highest BCUT2D eigenvalue weighted by atomic mass is 32.1. The molecule has 0 aliphatic rings. The molecule has 1 amide bonds. The number of aryl methyl sites for hydroxylation is 3. The predicted molar refractivity (Wildman–Crippen MR) is 113 cm³/mol. The first-order valence-corrected chi connectivity index (χ1v) is 9.55. The molecule has 7 nitrogen and oxygen atoms in total. The summed E-state index contributed by atoms with van der Waals surface area (Å²) in [4.78, 5) is 28.3. The molecule has 1 N–H and O–H groups in total. The summed E-state index contributed by atoms with van der Waals surface area (Å²) in [5.41, 5.74) is 4.39. The lowest BCUT2D eigenvalue weighted by Gasteiger charge is -2.10. The van der Waals surface area contributed by atoms with E-state index in [1.807, 2.05) is 40.9 Å². The second-order valence-corrected chi connectivity index (χ2v) is 7.88. The van der Waals surface area contributed by atoms with Crippen molar-refractivity contribution in [2.45, 2.75) is 20.8 Å². The zero-order valence-corrected chi connectivity index (χ0v) is 17.6. The minimum absolute atomic E-state index is 0.284. The van der Waals surface area contributed by atoms with Gasteiger partial charge >= 0.3 is 0 Å². The van der Waals surface area contributed by atoms with Crippen LogP contribution in [0.15, 0.2) is 24.5 Å². The van der Waals surface area contributed by atoms with Gasteiger partial charge in [-0.15, -0.1) is 11.3 Å². The van der Waals surface area contributed by atoms with Crippen LogP contribution in [0.1, 0.15) is 26.4 Å². The van der Waals surface area contributed by atoms with Gasteiger partial charge < -0.3 is 9.64 Å². The number of hydrogen-bond donors (Lipinski definition) is 1. The van der Waals surface area contributed by atoms with Crippen LogP contribution >= 0.6 is 11.3 Å². The van der Waals surface area contributed by atoms with Crippen LogP contribution < -0.4 is 15.0 Å². The lowest BCUT2D eigenvalue weighted by atomic mass is 10.0. The first kappa shape index (κ1) is 19.8. The Kier molecular flexibility index (Phi) is 5.60. The van der Waals surface area contributed by atoms with E-state index >= 15 is 0 Å². The van der Waals surface area contributed by atoms with Crippen LogP contribution in [0.5, 0.6) is 5.75 Å². The van der Waals surface area contributed by atoms with E-state index in [1.54, 1.807) is 12.0 Å². The fourth-order valence-electron chi connectivity index (χ4n) is 2.80. The number of ether oxygens (including phenoxy) is 1. The molecule has 0 spiro atoms. The van der Waals surface area contributed by atoms with E-state index in [0.29, 0.717) is 16.6 Å². The van der Waals surface area contributed by atoms with Gasteiger partial charge in [-0.1, -0.05) is 0 Å². The second kappa shape index (κ2) is 7.93. The normalized spacial score (nSPS) is 10.6. The second-order valence-electron chi connectivity index (χ2n) is 6.68. The Morgan fingerprint density at radius 3 is 2.39 bits per heavy atom. The molecule has 3 rings (SSSR count). The van der Waals surface area contributed by atoms with Gasteiger partial charge in [0.15, 0.2) is 5.13 Å². The van der Waals surface area contributed by atoms with Crippen LogP contribution in [-0.4, -0.2) is 42.1 Å². The van der Waals surface area contributed by atoms with E-state index < -0.39 is 0 Å². The van der Waals surface area contributed by atoms with Crippen LogP contribution in [0, 0.1) is 20.8 Å². The van der Waals surface area contributed by atoms with E-state index in [2.05, 4.69) is 26.3 Å². The Bertz CT molecular complexity index is 1010. The first-order chi connectivity index (χ1) is 13.3.